The summed E-state index contributed by atoms with van der Waals surface area (Å²) >= 11 is 6.81. The normalized spacial score (nSPS) is 21.4. The van der Waals surface area contributed by atoms with E-state index in [0.717, 1.165) is 33.5 Å². The molecule has 38 heavy (non-hydrogen) atoms. The number of nitrogens with zero attached hydrogens (tertiary/aromatic N) is 4. The largest absolute Gasteiger partial charge is 0.351 e. The van der Waals surface area contributed by atoms with Crippen molar-refractivity contribution in [2.75, 3.05) is 17.0 Å². The first kappa shape index (κ1) is 24.8. The molecule has 0 spiro atoms. The highest BCUT2D eigenvalue weighted by molar-refractivity contribution is 8.21. The van der Waals surface area contributed by atoms with Gasteiger partial charge >= 0.3 is 0 Å². The Balaban J connectivity index is 1.63. The van der Waals surface area contributed by atoms with Crippen LogP contribution in [0.15, 0.2) is 88.8 Å². The minimum atomic E-state index is -2.61. The van der Waals surface area contributed by atoms with E-state index in [-0.39, 0.29) is 5.41 Å². The van der Waals surface area contributed by atoms with Gasteiger partial charge in [-0.3, -0.25) is 0 Å². The maximum absolute atomic E-state index is 6.81. The molecule has 0 aliphatic carbocycles. The number of aromatic nitrogens is 2. The van der Waals surface area contributed by atoms with Crippen molar-refractivity contribution in [1.29, 1.82) is 0 Å². The summed E-state index contributed by atoms with van der Waals surface area (Å²) in [5, 5.41) is 11.0. The van der Waals surface area contributed by atoms with Gasteiger partial charge in [0.15, 0.2) is 5.82 Å². The van der Waals surface area contributed by atoms with Crippen molar-refractivity contribution in [3.8, 4) is 5.69 Å². The molecular weight excluding hydrogens is 505 g/mol. The molecule has 0 radical (unpaired) electrons. The molecule has 3 aromatic carbocycles. The lowest BCUT2D eigenvalue weighted by molar-refractivity contribution is 0.639. The third kappa shape index (κ3) is 3.62. The van der Waals surface area contributed by atoms with E-state index in [9.17, 15) is 0 Å². The van der Waals surface area contributed by atoms with Crippen LogP contribution in [0.2, 0.25) is 0 Å². The number of nitrogens with one attached hydrogen (secondary N) is 1. The van der Waals surface area contributed by atoms with Crippen molar-refractivity contribution in [2.45, 2.75) is 40.0 Å². The summed E-state index contributed by atoms with van der Waals surface area (Å²) in [7, 11) is 2.15. The number of allylic oxidation sites excluding steroid dienone is 2. The van der Waals surface area contributed by atoms with Crippen LogP contribution in [0.4, 0.5) is 17.2 Å². The molecule has 1 aromatic heterocycles. The minimum Gasteiger partial charge on any atom is -0.351 e. The highest BCUT2D eigenvalue weighted by atomic mass is 32.4. The smallest absolute Gasteiger partial charge is 0.166 e. The van der Waals surface area contributed by atoms with Gasteiger partial charge in [0.1, 0.15) is 0 Å². The van der Waals surface area contributed by atoms with E-state index in [1.807, 2.05) is 29.1 Å². The summed E-state index contributed by atoms with van der Waals surface area (Å²) in [6.45, 7) is 10.9. The quantitative estimate of drug-likeness (QED) is 0.279. The summed E-state index contributed by atoms with van der Waals surface area (Å²) < 4.78 is 1.93. The van der Waals surface area contributed by atoms with Gasteiger partial charge in [0.25, 0.3) is 0 Å². The summed E-state index contributed by atoms with van der Waals surface area (Å²) in [6.07, 6.45) is -0.603. The number of fused-ring (bicyclic) bond motifs is 2. The van der Waals surface area contributed by atoms with Crippen LogP contribution in [0.1, 0.15) is 36.2 Å². The Hall–Kier alpha value is -3.47. The van der Waals surface area contributed by atoms with Gasteiger partial charge in [-0.15, -0.1) is 0 Å². The number of likely N-dealkylation sites (N-methyl/N-ethyl adjacent to an activating group) is 1. The zero-order chi connectivity index (χ0) is 26.8. The number of aliphatic imine (C=N–C) groups is 1. The molecule has 1 atom stereocenters. The van der Waals surface area contributed by atoms with Crippen LogP contribution in [-0.2, 0) is 17.2 Å². The number of hydrogen-bond acceptors (Lipinski definition) is 4. The molecule has 2 aliphatic rings. The maximum atomic E-state index is 6.81. The fourth-order valence-corrected chi connectivity index (χ4v) is 10.1. The second kappa shape index (κ2) is 8.79. The number of anilines is 2. The number of hydrogen-bond donors (Lipinski definition) is 1. The Bertz CT molecular complexity index is 1700. The van der Waals surface area contributed by atoms with Gasteiger partial charge in [-0.25, -0.2) is 9.67 Å². The lowest BCUT2D eigenvalue weighted by atomic mass is 9.84. The molecule has 0 amide bonds. The fourth-order valence-electron chi connectivity index (χ4n) is 5.84. The first-order valence-electron chi connectivity index (χ1n) is 12.9. The molecule has 1 N–H and O–H groups in total. The van der Waals surface area contributed by atoms with Crippen molar-refractivity contribution < 1.29 is 0 Å². The molecule has 5 nitrogen and oxygen atoms in total. The molecule has 0 saturated heterocycles. The van der Waals surface area contributed by atoms with Crippen molar-refractivity contribution in [2.24, 2.45) is 4.99 Å². The standard InChI is InChI=1S/C31H32N5PS/c1-20-16-17-23(18-21(20)2)34-37(38)27(29-31(4,5)25-14-10-11-15-26(25)35(29)6)19-32-30-28(37)22(3)33-36(30)24-12-8-7-9-13-24/h7-19H,1-6H3,(H,34,38)/b29-27+. The average molecular weight is 538 g/mol. The lowest BCUT2D eigenvalue weighted by Crippen LogP contribution is -2.29. The summed E-state index contributed by atoms with van der Waals surface area (Å²) in [4.78, 5) is 7.37. The Morgan fingerprint density at radius 1 is 0.895 bits per heavy atom. The molecule has 7 heteroatoms. The Morgan fingerprint density at radius 3 is 2.32 bits per heavy atom. The molecule has 2 aliphatic heterocycles. The van der Waals surface area contributed by atoms with E-state index in [0.29, 0.717) is 0 Å². The van der Waals surface area contributed by atoms with Gasteiger partial charge in [0.2, 0.25) is 0 Å². The van der Waals surface area contributed by atoms with E-state index in [2.05, 4.69) is 106 Å². The predicted octanol–water partition coefficient (Wildman–Crippen LogP) is 7.28. The van der Waals surface area contributed by atoms with Gasteiger partial charge in [-0.1, -0.05) is 68.1 Å². The third-order valence-corrected chi connectivity index (χ3v) is 12.0. The molecular formula is C31H32N5PS. The van der Waals surface area contributed by atoms with Crippen LogP contribution in [0, 0.1) is 20.8 Å². The molecule has 6 rings (SSSR count). The van der Waals surface area contributed by atoms with Gasteiger partial charge in [-0.2, -0.15) is 5.10 Å². The first-order valence-corrected chi connectivity index (χ1v) is 15.7. The topological polar surface area (TPSA) is 45.4 Å². The zero-order valence-corrected chi connectivity index (χ0v) is 24.4. The van der Waals surface area contributed by atoms with E-state index in [1.54, 1.807) is 0 Å². The van der Waals surface area contributed by atoms with Gasteiger partial charge in [-0.05, 0) is 67.8 Å². The lowest BCUT2D eigenvalue weighted by Gasteiger charge is -2.35. The Morgan fingerprint density at radius 2 is 1.61 bits per heavy atom. The zero-order valence-electron chi connectivity index (χ0n) is 22.6. The molecule has 3 heterocycles. The van der Waals surface area contributed by atoms with Crippen LogP contribution in [0.25, 0.3) is 5.69 Å². The summed E-state index contributed by atoms with van der Waals surface area (Å²) in [5.41, 5.74) is 8.88. The average Bonchev–Trinajstić information content (AvgIpc) is 3.34. The third-order valence-electron chi connectivity index (χ3n) is 7.87. The maximum Gasteiger partial charge on any atom is 0.166 e. The van der Waals surface area contributed by atoms with Gasteiger partial charge < -0.3 is 9.99 Å². The van der Waals surface area contributed by atoms with Crippen LogP contribution < -0.4 is 15.3 Å². The number of aryl methyl sites for hydroxylation is 3. The van der Waals surface area contributed by atoms with Crippen LogP contribution in [0.3, 0.4) is 0 Å². The monoisotopic (exact) mass is 537 g/mol. The Kier molecular flexibility index (Phi) is 5.75. The molecule has 0 fully saturated rings. The van der Waals surface area contributed by atoms with Gasteiger partial charge in [0.05, 0.1) is 22.9 Å². The van der Waals surface area contributed by atoms with Crippen LogP contribution in [0.5, 0.6) is 0 Å². The minimum absolute atomic E-state index is 0.234. The van der Waals surface area contributed by atoms with Crippen molar-refractivity contribution >= 4 is 46.7 Å². The predicted molar refractivity (Wildman–Crippen MR) is 165 cm³/mol. The molecule has 0 saturated carbocycles. The van der Waals surface area contributed by atoms with Crippen LogP contribution >= 0.6 is 6.19 Å². The SMILES string of the molecule is Cc1ccc(NP2(=S)/C(=C3/N(C)c4ccccc4C3(C)C)C=Nc3c2c(C)nn3-c2ccccc2)cc1C. The summed E-state index contributed by atoms with van der Waals surface area (Å²) in [5.74, 6) is 0.814. The number of benzene rings is 3. The van der Waals surface area contributed by atoms with E-state index in [1.165, 1.54) is 28.1 Å². The molecule has 192 valence electrons. The summed E-state index contributed by atoms with van der Waals surface area (Å²) in [6, 6.07) is 25.3. The second-order valence-corrected chi connectivity index (χ2v) is 14.7. The van der Waals surface area contributed by atoms with E-state index < -0.39 is 6.19 Å². The molecule has 4 aromatic rings. The van der Waals surface area contributed by atoms with Gasteiger partial charge in [0, 0.05) is 41.1 Å². The molecule has 0 bridgehead atoms. The van der Waals surface area contributed by atoms with Crippen molar-refractivity contribution in [3.63, 3.8) is 0 Å². The van der Waals surface area contributed by atoms with E-state index in [4.69, 9.17) is 21.9 Å². The highest BCUT2D eigenvalue weighted by Gasteiger charge is 2.45. The highest BCUT2D eigenvalue weighted by Crippen LogP contribution is 2.62. The first-order chi connectivity index (χ1) is 18.1. The van der Waals surface area contributed by atoms with Crippen molar-refractivity contribution in [1.82, 2.24) is 9.78 Å². The fraction of sp³-hybridized carbons (Fsp3) is 0.226. The van der Waals surface area contributed by atoms with Crippen LogP contribution in [-0.4, -0.2) is 23.0 Å². The second-order valence-electron chi connectivity index (χ2n) is 10.7. The Labute approximate surface area is 230 Å². The van der Waals surface area contributed by atoms with E-state index >= 15 is 0 Å². The molecule has 1 unspecified atom stereocenters. The van der Waals surface area contributed by atoms with Crippen molar-refractivity contribution in [3.05, 3.63) is 106 Å². The number of para-hydroxylation sites is 2. The number of rotatable bonds is 3.